The van der Waals surface area contributed by atoms with E-state index in [4.69, 9.17) is 4.74 Å². The fourth-order valence-electron chi connectivity index (χ4n) is 2.83. The van der Waals surface area contributed by atoms with Crippen LogP contribution >= 0.6 is 11.3 Å². The third kappa shape index (κ3) is 3.80. The summed E-state index contributed by atoms with van der Waals surface area (Å²) >= 11 is 1.53. The van der Waals surface area contributed by atoms with E-state index in [2.05, 4.69) is 11.4 Å². The lowest BCUT2D eigenvalue weighted by atomic mass is 9.95. The van der Waals surface area contributed by atoms with Crippen LogP contribution in [0, 0.1) is 0 Å². The van der Waals surface area contributed by atoms with Crippen molar-refractivity contribution in [2.45, 2.75) is 31.5 Å². The van der Waals surface area contributed by atoms with Crippen molar-refractivity contribution in [2.24, 2.45) is 0 Å². The number of fused-ring (bicyclic) bond motifs is 1. The van der Waals surface area contributed by atoms with Gasteiger partial charge in [-0.25, -0.2) is 0 Å². The molecule has 4 nitrogen and oxygen atoms in total. The average molecular weight is 331 g/mol. The van der Waals surface area contributed by atoms with Crippen LogP contribution in [-0.4, -0.2) is 24.2 Å². The Labute approximate surface area is 140 Å². The zero-order valence-corrected chi connectivity index (χ0v) is 13.9. The molecule has 0 bridgehead atoms. The number of aliphatic hydroxyl groups is 1. The van der Waals surface area contributed by atoms with Gasteiger partial charge in [0.1, 0.15) is 5.60 Å². The van der Waals surface area contributed by atoms with Crippen LogP contribution in [-0.2, 0) is 21.6 Å². The van der Waals surface area contributed by atoms with Crippen LogP contribution in [0.1, 0.15) is 36.1 Å². The molecule has 1 amide bonds. The highest BCUT2D eigenvalue weighted by Crippen LogP contribution is 2.29. The lowest BCUT2D eigenvalue weighted by Crippen LogP contribution is -2.39. The number of amides is 1. The van der Waals surface area contributed by atoms with E-state index in [1.807, 2.05) is 35.0 Å². The molecule has 1 aliphatic heterocycles. The van der Waals surface area contributed by atoms with E-state index >= 15 is 0 Å². The molecule has 2 atom stereocenters. The second-order valence-corrected chi connectivity index (χ2v) is 6.86. The van der Waals surface area contributed by atoms with Gasteiger partial charge in [-0.15, -0.1) is 0 Å². The molecule has 23 heavy (non-hydrogen) atoms. The van der Waals surface area contributed by atoms with Crippen LogP contribution < -0.4 is 5.32 Å². The highest BCUT2D eigenvalue weighted by Gasteiger charge is 2.26. The molecule has 3 rings (SSSR count). The fraction of sp³-hybridized carbons (Fsp3) is 0.389. The van der Waals surface area contributed by atoms with Crippen LogP contribution in [0.5, 0.6) is 0 Å². The van der Waals surface area contributed by atoms with Crippen molar-refractivity contribution in [3.05, 3.63) is 57.8 Å². The summed E-state index contributed by atoms with van der Waals surface area (Å²) in [6.07, 6.45) is 0.962. The van der Waals surface area contributed by atoms with Crippen molar-refractivity contribution in [1.29, 1.82) is 0 Å². The molecule has 2 heterocycles. The molecule has 2 N–H and O–H groups in total. The summed E-state index contributed by atoms with van der Waals surface area (Å²) in [6, 6.07) is 9.97. The Hall–Kier alpha value is -1.69. The molecule has 1 aromatic heterocycles. The molecule has 0 radical (unpaired) electrons. The summed E-state index contributed by atoms with van der Waals surface area (Å²) in [6.45, 7) is 2.54. The van der Waals surface area contributed by atoms with E-state index < -0.39 is 5.60 Å². The molecular weight excluding hydrogens is 310 g/mol. The molecule has 0 saturated carbocycles. The van der Waals surface area contributed by atoms with Crippen molar-refractivity contribution in [1.82, 2.24) is 5.32 Å². The van der Waals surface area contributed by atoms with Gasteiger partial charge in [-0.05, 0) is 46.9 Å². The third-order valence-corrected chi connectivity index (χ3v) is 4.92. The summed E-state index contributed by atoms with van der Waals surface area (Å²) in [4.78, 5) is 12.2. The van der Waals surface area contributed by atoms with Gasteiger partial charge < -0.3 is 15.2 Å². The number of hydrogen-bond donors (Lipinski definition) is 2. The van der Waals surface area contributed by atoms with Crippen molar-refractivity contribution < 1.29 is 14.6 Å². The Balaban J connectivity index is 1.58. The van der Waals surface area contributed by atoms with Gasteiger partial charge in [0.15, 0.2) is 0 Å². The van der Waals surface area contributed by atoms with Crippen molar-refractivity contribution in [3.63, 3.8) is 0 Å². The maximum atomic E-state index is 12.2. The first-order chi connectivity index (χ1) is 11.1. The summed E-state index contributed by atoms with van der Waals surface area (Å²) in [5.41, 5.74) is 2.11. The van der Waals surface area contributed by atoms with E-state index in [1.165, 1.54) is 16.9 Å². The minimum absolute atomic E-state index is 0.109. The van der Waals surface area contributed by atoms with Crippen molar-refractivity contribution in [3.8, 4) is 0 Å². The summed E-state index contributed by atoms with van der Waals surface area (Å²) in [7, 11) is 0. The smallest absolute Gasteiger partial charge is 0.223 e. The second kappa shape index (κ2) is 6.83. The first-order valence-electron chi connectivity index (χ1n) is 7.77. The van der Waals surface area contributed by atoms with Crippen LogP contribution in [0.3, 0.4) is 0 Å². The number of rotatable bonds is 5. The lowest BCUT2D eigenvalue weighted by Gasteiger charge is -2.27. The van der Waals surface area contributed by atoms with Crippen LogP contribution in [0.25, 0.3) is 0 Å². The molecule has 5 heteroatoms. The van der Waals surface area contributed by atoms with Gasteiger partial charge in [0, 0.05) is 0 Å². The quantitative estimate of drug-likeness (QED) is 0.886. The molecule has 2 unspecified atom stereocenters. The zero-order valence-electron chi connectivity index (χ0n) is 13.1. The van der Waals surface area contributed by atoms with E-state index in [0.29, 0.717) is 6.61 Å². The molecule has 2 aromatic rings. The maximum absolute atomic E-state index is 12.2. The SMILES string of the molecule is CC(O)(CNC(=O)CC1OCCc2ccccc21)c1ccsc1. The Morgan fingerprint density at radius 1 is 1.43 bits per heavy atom. The Morgan fingerprint density at radius 3 is 3.04 bits per heavy atom. The Bertz CT molecular complexity index is 667. The van der Waals surface area contributed by atoms with Gasteiger partial charge in [-0.3, -0.25) is 4.79 Å². The molecule has 122 valence electrons. The van der Waals surface area contributed by atoms with Gasteiger partial charge in [0.25, 0.3) is 0 Å². The summed E-state index contributed by atoms with van der Waals surface area (Å²) in [5.74, 6) is -0.109. The molecule has 0 spiro atoms. The van der Waals surface area contributed by atoms with E-state index in [9.17, 15) is 9.90 Å². The molecule has 0 fully saturated rings. The van der Waals surface area contributed by atoms with E-state index in [0.717, 1.165) is 17.5 Å². The highest BCUT2D eigenvalue weighted by atomic mass is 32.1. The molecule has 0 saturated heterocycles. The first-order valence-corrected chi connectivity index (χ1v) is 8.72. The number of nitrogens with one attached hydrogen (secondary N) is 1. The van der Waals surface area contributed by atoms with Gasteiger partial charge in [-0.2, -0.15) is 11.3 Å². The highest BCUT2D eigenvalue weighted by molar-refractivity contribution is 7.08. The maximum Gasteiger partial charge on any atom is 0.223 e. The summed E-state index contributed by atoms with van der Waals surface area (Å²) in [5, 5.41) is 17.1. The number of carbonyl (C=O) groups excluding carboxylic acids is 1. The van der Waals surface area contributed by atoms with Gasteiger partial charge >= 0.3 is 0 Å². The van der Waals surface area contributed by atoms with Crippen LogP contribution in [0.4, 0.5) is 0 Å². The summed E-state index contributed by atoms with van der Waals surface area (Å²) < 4.78 is 5.76. The number of thiophene rings is 1. The normalized spacial score (nSPS) is 19.7. The minimum Gasteiger partial charge on any atom is -0.384 e. The fourth-order valence-corrected chi connectivity index (χ4v) is 3.61. The van der Waals surface area contributed by atoms with Crippen LogP contribution in [0.15, 0.2) is 41.1 Å². The predicted molar refractivity (Wildman–Crippen MR) is 90.4 cm³/mol. The number of hydrogen-bond acceptors (Lipinski definition) is 4. The zero-order chi connectivity index (χ0) is 16.3. The molecule has 0 aliphatic carbocycles. The third-order valence-electron chi connectivity index (χ3n) is 4.24. The van der Waals surface area contributed by atoms with Crippen molar-refractivity contribution in [2.75, 3.05) is 13.2 Å². The standard InChI is InChI=1S/C18H21NO3S/c1-18(21,14-7-9-23-11-14)12-19-17(20)10-16-15-5-3-2-4-13(15)6-8-22-16/h2-5,7,9,11,16,21H,6,8,10,12H2,1H3,(H,19,20). The second-order valence-electron chi connectivity index (χ2n) is 6.07. The van der Waals surface area contributed by atoms with Crippen molar-refractivity contribution >= 4 is 17.2 Å². The first kappa shape index (κ1) is 16.2. The van der Waals surface area contributed by atoms with E-state index in [1.54, 1.807) is 6.92 Å². The molecule has 1 aliphatic rings. The van der Waals surface area contributed by atoms with E-state index in [-0.39, 0.29) is 25.0 Å². The largest absolute Gasteiger partial charge is 0.384 e. The topological polar surface area (TPSA) is 58.6 Å². The number of benzene rings is 1. The number of carbonyl (C=O) groups is 1. The Kier molecular flexibility index (Phi) is 4.80. The number of ether oxygens (including phenoxy) is 1. The Morgan fingerprint density at radius 2 is 2.26 bits per heavy atom. The average Bonchev–Trinajstić information content (AvgIpc) is 3.09. The van der Waals surface area contributed by atoms with Gasteiger partial charge in [-0.1, -0.05) is 24.3 Å². The van der Waals surface area contributed by atoms with Gasteiger partial charge in [0.05, 0.1) is 25.7 Å². The predicted octanol–water partition coefficient (Wildman–Crippen LogP) is 2.78. The monoisotopic (exact) mass is 331 g/mol. The lowest BCUT2D eigenvalue weighted by molar-refractivity contribution is -0.125. The van der Waals surface area contributed by atoms with Gasteiger partial charge in [0.2, 0.25) is 5.91 Å². The van der Waals surface area contributed by atoms with Crippen LogP contribution in [0.2, 0.25) is 0 Å². The molecular formula is C18H21NO3S. The minimum atomic E-state index is -1.05. The molecule has 1 aromatic carbocycles.